The smallest absolute Gasteiger partial charge is 0.00327 e. The molecule has 0 spiro atoms. The molecule has 0 radical (unpaired) electrons. The van der Waals surface area contributed by atoms with Crippen LogP contribution in [-0.2, 0) is 0 Å². The maximum atomic E-state index is 3.50. The standard InChI is InChI=1S/C10H22S/c1-7-10(4,5)11(6,8-2)9-3/h7-8H2,1-6H3. The highest BCUT2D eigenvalue weighted by Gasteiger charge is 2.23. The number of hydrogen-bond donors (Lipinski definition) is 0. The summed E-state index contributed by atoms with van der Waals surface area (Å²) in [5.74, 6) is 1.27. The second-order valence-corrected chi connectivity index (χ2v) is 7.96. The van der Waals surface area contributed by atoms with Gasteiger partial charge in [0, 0.05) is 4.75 Å². The Morgan fingerprint density at radius 3 is 1.82 bits per heavy atom. The highest BCUT2D eigenvalue weighted by Crippen LogP contribution is 2.45. The van der Waals surface area contributed by atoms with E-state index in [9.17, 15) is 0 Å². The van der Waals surface area contributed by atoms with Crippen LogP contribution in [0.5, 0.6) is 0 Å². The molecule has 0 amide bonds. The molecule has 11 heavy (non-hydrogen) atoms. The van der Waals surface area contributed by atoms with Crippen molar-refractivity contribution in [3.63, 3.8) is 0 Å². The first-order chi connectivity index (χ1) is 4.93. The molecular formula is C10H22S. The highest BCUT2D eigenvalue weighted by atomic mass is 32.2. The van der Waals surface area contributed by atoms with Crippen molar-refractivity contribution in [3.05, 3.63) is 0 Å². The summed E-state index contributed by atoms with van der Waals surface area (Å²) in [7, 11) is -0.593. The Morgan fingerprint density at radius 1 is 1.27 bits per heavy atom. The third-order valence-electron chi connectivity index (χ3n) is 3.10. The van der Waals surface area contributed by atoms with Gasteiger partial charge in [-0.25, -0.2) is 0 Å². The van der Waals surface area contributed by atoms with E-state index in [0.717, 1.165) is 0 Å². The van der Waals surface area contributed by atoms with E-state index in [-0.39, 0.29) is 0 Å². The van der Waals surface area contributed by atoms with Gasteiger partial charge in [-0.2, -0.15) is 9.44 Å². The van der Waals surface area contributed by atoms with Crippen molar-refractivity contribution >= 4 is 9.44 Å². The summed E-state index contributed by atoms with van der Waals surface area (Å²) >= 11 is 0. The van der Waals surface area contributed by atoms with Crippen molar-refractivity contribution < 1.29 is 0 Å². The highest BCUT2D eigenvalue weighted by molar-refractivity contribution is 8.24. The van der Waals surface area contributed by atoms with E-state index in [0.29, 0.717) is 4.75 Å². The van der Waals surface area contributed by atoms with E-state index in [4.69, 9.17) is 0 Å². The molecule has 0 aromatic rings. The van der Waals surface area contributed by atoms with Gasteiger partial charge in [0.05, 0.1) is 0 Å². The fourth-order valence-electron chi connectivity index (χ4n) is 1.13. The van der Waals surface area contributed by atoms with Crippen LogP contribution < -0.4 is 0 Å². The second-order valence-electron chi connectivity index (χ2n) is 3.69. The average molecular weight is 174 g/mol. The summed E-state index contributed by atoms with van der Waals surface area (Å²) in [6.45, 7) is 11.4. The maximum Gasteiger partial charge on any atom is 0.00327 e. The molecule has 0 aromatic carbocycles. The Morgan fingerprint density at radius 2 is 1.73 bits per heavy atom. The molecule has 1 atom stereocenters. The molecule has 0 rings (SSSR count). The fourth-order valence-corrected chi connectivity index (χ4v) is 3.39. The van der Waals surface area contributed by atoms with E-state index in [1.807, 2.05) is 0 Å². The summed E-state index contributed by atoms with van der Waals surface area (Å²) in [4.78, 5) is 0. The Bertz CT molecular complexity index is 221. The van der Waals surface area contributed by atoms with Gasteiger partial charge in [-0.15, -0.1) is 5.18 Å². The van der Waals surface area contributed by atoms with Crippen LogP contribution in [0.15, 0.2) is 0 Å². The molecule has 1 heteroatoms. The molecule has 0 aliphatic rings. The minimum Gasteiger partial charge on any atom is -0.187 e. The molecule has 0 fully saturated rings. The van der Waals surface area contributed by atoms with Gasteiger partial charge in [-0.3, -0.25) is 0 Å². The van der Waals surface area contributed by atoms with Gasteiger partial charge in [0.2, 0.25) is 0 Å². The topological polar surface area (TPSA) is 0 Å². The van der Waals surface area contributed by atoms with Crippen molar-refractivity contribution in [2.45, 2.75) is 45.8 Å². The first kappa shape index (κ1) is 11.1. The van der Waals surface area contributed by atoms with Gasteiger partial charge in [0.1, 0.15) is 0 Å². The van der Waals surface area contributed by atoms with Crippen LogP contribution in [0, 0.1) is 5.18 Å². The van der Waals surface area contributed by atoms with Gasteiger partial charge in [-0.05, 0) is 25.4 Å². The van der Waals surface area contributed by atoms with Crippen molar-refractivity contribution in [2.75, 3.05) is 12.0 Å². The molecule has 68 valence electrons. The summed E-state index contributed by atoms with van der Waals surface area (Å²) in [6, 6.07) is 0. The van der Waals surface area contributed by atoms with Gasteiger partial charge < -0.3 is 0 Å². The van der Waals surface area contributed by atoms with Crippen LogP contribution in [-0.4, -0.2) is 16.8 Å². The molecule has 0 saturated heterocycles. The molecule has 0 aromatic heterocycles. The molecule has 1 unspecified atom stereocenters. The maximum absolute atomic E-state index is 3.50. The Balaban J connectivity index is 4.91. The zero-order valence-electron chi connectivity index (χ0n) is 8.82. The largest absolute Gasteiger partial charge is 0.187 e. The Hall–Kier alpha value is 0.130. The molecule has 0 saturated carbocycles. The van der Waals surface area contributed by atoms with Crippen molar-refractivity contribution in [3.8, 4) is 5.18 Å². The molecule has 0 N–H and O–H groups in total. The van der Waals surface area contributed by atoms with E-state index >= 15 is 0 Å². The lowest BCUT2D eigenvalue weighted by Crippen LogP contribution is -2.21. The predicted molar refractivity (Wildman–Crippen MR) is 58.0 cm³/mol. The molecular weight excluding hydrogens is 152 g/mol. The summed E-state index contributed by atoms with van der Waals surface area (Å²) in [5.41, 5.74) is 0. The summed E-state index contributed by atoms with van der Waals surface area (Å²) in [5, 5.41) is 3.50. The predicted octanol–water partition coefficient (Wildman–Crippen LogP) is 3.61. The molecule has 0 bridgehead atoms. The van der Waals surface area contributed by atoms with Crippen molar-refractivity contribution in [1.29, 1.82) is 0 Å². The van der Waals surface area contributed by atoms with E-state index < -0.39 is 9.44 Å². The molecule has 0 heterocycles. The van der Waals surface area contributed by atoms with Crippen molar-refractivity contribution in [2.24, 2.45) is 0 Å². The average Bonchev–Trinajstić information content (AvgIpc) is 2.02. The van der Waals surface area contributed by atoms with Crippen LogP contribution in [0.1, 0.15) is 41.0 Å². The van der Waals surface area contributed by atoms with Gasteiger partial charge in [0.15, 0.2) is 0 Å². The van der Waals surface area contributed by atoms with Crippen LogP contribution in [0.25, 0.3) is 0 Å². The van der Waals surface area contributed by atoms with E-state index in [1.165, 1.54) is 12.2 Å². The van der Waals surface area contributed by atoms with Crippen LogP contribution >= 0.6 is 9.44 Å². The second kappa shape index (κ2) is 3.69. The summed E-state index contributed by atoms with van der Waals surface area (Å²) < 4.78 is 0.469. The molecule has 0 aliphatic heterocycles. The van der Waals surface area contributed by atoms with Gasteiger partial charge >= 0.3 is 0 Å². The number of rotatable bonds is 1. The minimum atomic E-state index is -0.593. The Kier molecular flexibility index (Phi) is 3.73. The normalized spacial score (nSPS) is 17.3. The molecule has 0 aliphatic carbocycles. The monoisotopic (exact) mass is 174 g/mol. The van der Waals surface area contributed by atoms with E-state index in [1.54, 1.807) is 0 Å². The molecule has 0 nitrogen and oxygen atoms in total. The lowest BCUT2D eigenvalue weighted by atomic mass is 10.1. The van der Waals surface area contributed by atoms with Crippen molar-refractivity contribution in [1.82, 2.24) is 0 Å². The van der Waals surface area contributed by atoms with Crippen LogP contribution in [0.2, 0.25) is 0 Å². The lowest BCUT2D eigenvalue weighted by Gasteiger charge is -2.36. The Labute approximate surface area is 72.9 Å². The summed E-state index contributed by atoms with van der Waals surface area (Å²) in [6.07, 6.45) is 3.64. The zero-order chi connectivity index (χ0) is 9.12. The van der Waals surface area contributed by atoms with Crippen LogP contribution in [0.3, 0.4) is 0 Å². The first-order valence-electron chi connectivity index (χ1n) is 4.37. The van der Waals surface area contributed by atoms with E-state index in [2.05, 4.69) is 46.1 Å². The third-order valence-corrected chi connectivity index (χ3v) is 7.88. The zero-order valence-corrected chi connectivity index (χ0v) is 9.64. The fraction of sp³-hybridized carbons (Fsp3) is 0.900. The SMILES string of the molecule is CC#S(C)(CC)C(C)(C)CC. The quantitative estimate of drug-likeness (QED) is 0.570. The lowest BCUT2D eigenvalue weighted by molar-refractivity contribution is 0.678. The number of hydrogen-bond acceptors (Lipinski definition) is 0. The third kappa shape index (κ3) is 2.04. The van der Waals surface area contributed by atoms with Gasteiger partial charge in [0.25, 0.3) is 0 Å². The van der Waals surface area contributed by atoms with Gasteiger partial charge in [-0.1, -0.05) is 27.7 Å². The minimum absolute atomic E-state index is 0.469. The first-order valence-corrected chi connectivity index (χ1v) is 6.58. The van der Waals surface area contributed by atoms with Crippen LogP contribution in [0.4, 0.5) is 0 Å².